The quantitative estimate of drug-likeness (QED) is 0.270. The first-order valence-electron chi connectivity index (χ1n) is 12.3. The van der Waals surface area contributed by atoms with Gasteiger partial charge in [-0.25, -0.2) is 9.97 Å². The highest BCUT2D eigenvalue weighted by Crippen LogP contribution is 2.35. The summed E-state index contributed by atoms with van der Waals surface area (Å²) >= 11 is 1.72. The first kappa shape index (κ1) is 21.3. The Bertz CT molecular complexity index is 1660. The fourth-order valence-electron chi connectivity index (χ4n) is 5.05. The molecule has 0 atom stereocenters. The van der Waals surface area contributed by atoms with Gasteiger partial charge < -0.3 is 9.72 Å². The SMILES string of the molecule is c1csc(-c2ccnc3[nH]c(-c4n[nH]c5ccc(-c6cncc(OC7CCCCC7)c6)nc45)cc23)c1. The van der Waals surface area contributed by atoms with Gasteiger partial charge in [-0.15, -0.1) is 11.3 Å². The van der Waals surface area contributed by atoms with E-state index in [0.29, 0.717) is 0 Å². The molecule has 0 bridgehead atoms. The molecule has 6 heterocycles. The number of fused-ring (bicyclic) bond motifs is 2. The molecule has 0 aliphatic heterocycles. The Morgan fingerprint density at radius 1 is 1.00 bits per heavy atom. The average Bonchev–Trinajstić information content (AvgIpc) is 3.68. The van der Waals surface area contributed by atoms with Gasteiger partial charge in [-0.3, -0.25) is 10.1 Å². The normalized spacial score (nSPS) is 14.6. The molecule has 0 saturated heterocycles. The van der Waals surface area contributed by atoms with E-state index < -0.39 is 0 Å². The van der Waals surface area contributed by atoms with Crippen molar-refractivity contribution >= 4 is 33.4 Å². The zero-order chi connectivity index (χ0) is 23.9. The molecule has 1 saturated carbocycles. The molecule has 0 radical (unpaired) electrons. The van der Waals surface area contributed by atoms with Crippen molar-refractivity contribution in [3.63, 3.8) is 0 Å². The maximum Gasteiger partial charge on any atom is 0.138 e. The predicted octanol–water partition coefficient (Wildman–Crippen LogP) is 7.00. The van der Waals surface area contributed by atoms with Gasteiger partial charge in [0.15, 0.2) is 0 Å². The van der Waals surface area contributed by atoms with E-state index in [-0.39, 0.29) is 6.10 Å². The average molecular weight is 493 g/mol. The fourth-order valence-corrected chi connectivity index (χ4v) is 5.81. The zero-order valence-electron chi connectivity index (χ0n) is 19.6. The third-order valence-corrected chi connectivity index (χ3v) is 7.75. The van der Waals surface area contributed by atoms with Crippen LogP contribution in [0.2, 0.25) is 0 Å². The number of nitrogens with one attached hydrogen (secondary N) is 2. The Kier molecular flexibility index (Phi) is 5.24. The topological polar surface area (TPSA) is 92.4 Å². The molecule has 36 heavy (non-hydrogen) atoms. The number of aromatic nitrogens is 6. The Hall–Kier alpha value is -4.04. The van der Waals surface area contributed by atoms with E-state index in [1.54, 1.807) is 17.5 Å². The number of aromatic amines is 2. The van der Waals surface area contributed by atoms with Gasteiger partial charge >= 0.3 is 0 Å². The van der Waals surface area contributed by atoms with Crippen LogP contribution in [-0.2, 0) is 0 Å². The largest absolute Gasteiger partial charge is 0.489 e. The molecular weight excluding hydrogens is 468 g/mol. The Morgan fingerprint density at radius 3 is 2.83 bits per heavy atom. The van der Waals surface area contributed by atoms with Gasteiger partial charge in [-0.2, -0.15) is 5.10 Å². The van der Waals surface area contributed by atoms with Crippen molar-refractivity contribution in [1.29, 1.82) is 0 Å². The number of thiophene rings is 1. The lowest BCUT2D eigenvalue weighted by molar-refractivity contribution is 0.154. The molecular formula is C28H24N6OS. The van der Waals surface area contributed by atoms with E-state index in [2.05, 4.69) is 54.8 Å². The van der Waals surface area contributed by atoms with Gasteiger partial charge in [0.1, 0.15) is 22.6 Å². The minimum Gasteiger partial charge on any atom is -0.489 e. The standard InChI is InChI=1S/C28H24N6OS/c1-2-5-18(6-3-1)35-19-13-17(15-29-16-19)22-8-9-23-26(31-22)27(34-33-23)24-14-21-20(25-7-4-12-36-25)10-11-30-28(21)32-24/h4,7-16,18H,1-3,5-6H2,(H,30,32)(H,33,34). The van der Waals surface area contributed by atoms with E-state index in [1.807, 2.05) is 30.6 Å². The number of hydrogen-bond acceptors (Lipinski definition) is 6. The van der Waals surface area contributed by atoms with Crippen molar-refractivity contribution in [3.05, 3.63) is 66.4 Å². The van der Waals surface area contributed by atoms with Crippen LogP contribution in [0.4, 0.5) is 0 Å². The summed E-state index contributed by atoms with van der Waals surface area (Å²) in [6, 6.07) is 14.4. The van der Waals surface area contributed by atoms with E-state index in [0.717, 1.165) is 68.9 Å². The Balaban J connectivity index is 1.26. The second kappa shape index (κ2) is 8.87. The predicted molar refractivity (Wildman–Crippen MR) is 143 cm³/mol. The van der Waals surface area contributed by atoms with Crippen molar-refractivity contribution in [1.82, 2.24) is 30.1 Å². The molecule has 0 amide bonds. The number of H-pyrrole nitrogens is 2. The van der Waals surface area contributed by atoms with Crippen LogP contribution in [0.25, 0.3) is 55.2 Å². The summed E-state index contributed by atoms with van der Waals surface area (Å²) in [5, 5.41) is 10.9. The van der Waals surface area contributed by atoms with Gasteiger partial charge in [-0.1, -0.05) is 12.5 Å². The van der Waals surface area contributed by atoms with E-state index in [4.69, 9.17) is 9.72 Å². The summed E-state index contributed by atoms with van der Waals surface area (Å²) in [7, 11) is 0. The summed E-state index contributed by atoms with van der Waals surface area (Å²) < 4.78 is 6.24. The molecule has 178 valence electrons. The first-order chi connectivity index (χ1) is 17.8. The molecule has 0 unspecified atom stereocenters. The number of ether oxygens (including phenoxy) is 1. The van der Waals surface area contributed by atoms with Gasteiger partial charge in [-0.05, 0) is 67.5 Å². The molecule has 6 aromatic heterocycles. The first-order valence-corrected chi connectivity index (χ1v) is 13.2. The number of nitrogens with zero attached hydrogens (tertiary/aromatic N) is 4. The number of rotatable bonds is 5. The molecule has 0 spiro atoms. The molecule has 1 aliphatic rings. The second-order valence-corrected chi connectivity index (χ2v) is 10.2. The van der Waals surface area contributed by atoms with E-state index in [1.165, 1.54) is 24.1 Å². The summed E-state index contributed by atoms with van der Waals surface area (Å²) in [6.07, 6.45) is 11.7. The van der Waals surface area contributed by atoms with Crippen molar-refractivity contribution in [2.75, 3.05) is 0 Å². The van der Waals surface area contributed by atoms with Crippen molar-refractivity contribution in [3.8, 4) is 38.8 Å². The van der Waals surface area contributed by atoms with Crippen molar-refractivity contribution < 1.29 is 4.74 Å². The third kappa shape index (κ3) is 3.83. The minimum absolute atomic E-state index is 0.279. The van der Waals surface area contributed by atoms with Crippen LogP contribution in [0.5, 0.6) is 5.75 Å². The Labute approximate surface area is 211 Å². The smallest absolute Gasteiger partial charge is 0.138 e. The van der Waals surface area contributed by atoms with Crippen LogP contribution in [0, 0.1) is 0 Å². The third-order valence-electron chi connectivity index (χ3n) is 6.85. The molecule has 7 nitrogen and oxygen atoms in total. The molecule has 6 aromatic rings. The molecule has 7 rings (SSSR count). The van der Waals surface area contributed by atoms with Gasteiger partial charge in [0, 0.05) is 33.8 Å². The van der Waals surface area contributed by atoms with Crippen LogP contribution in [0.1, 0.15) is 32.1 Å². The highest BCUT2D eigenvalue weighted by Gasteiger charge is 2.18. The van der Waals surface area contributed by atoms with Crippen molar-refractivity contribution in [2.24, 2.45) is 0 Å². The lowest BCUT2D eigenvalue weighted by atomic mass is 9.98. The molecule has 8 heteroatoms. The summed E-state index contributed by atoms with van der Waals surface area (Å²) in [6.45, 7) is 0. The van der Waals surface area contributed by atoms with Crippen molar-refractivity contribution in [2.45, 2.75) is 38.2 Å². The van der Waals surface area contributed by atoms with Crippen LogP contribution < -0.4 is 4.74 Å². The summed E-state index contributed by atoms with van der Waals surface area (Å²) in [5.41, 5.74) is 7.08. The maximum absolute atomic E-state index is 6.24. The maximum atomic E-state index is 6.24. The lowest BCUT2D eigenvalue weighted by Gasteiger charge is -2.22. The molecule has 0 aromatic carbocycles. The molecule has 2 N–H and O–H groups in total. The van der Waals surface area contributed by atoms with Crippen LogP contribution >= 0.6 is 11.3 Å². The molecule has 1 aliphatic carbocycles. The zero-order valence-corrected chi connectivity index (χ0v) is 20.4. The van der Waals surface area contributed by atoms with Gasteiger partial charge in [0.2, 0.25) is 0 Å². The van der Waals surface area contributed by atoms with Gasteiger partial charge in [0.05, 0.1) is 29.2 Å². The Morgan fingerprint density at radius 2 is 1.94 bits per heavy atom. The number of hydrogen-bond donors (Lipinski definition) is 2. The fraction of sp³-hybridized carbons (Fsp3) is 0.214. The van der Waals surface area contributed by atoms with E-state index >= 15 is 0 Å². The minimum atomic E-state index is 0.279. The van der Waals surface area contributed by atoms with Crippen LogP contribution in [0.15, 0.2) is 66.4 Å². The number of pyridine rings is 3. The monoisotopic (exact) mass is 492 g/mol. The molecule has 1 fully saturated rings. The van der Waals surface area contributed by atoms with Crippen LogP contribution in [0.3, 0.4) is 0 Å². The summed E-state index contributed by atoms with van der Waals surface area (Å²) in [4.78, 5) is 18.6. The summed E-state index contributed by atoms with van der Waals surface area (Å²) in [5.74, 6) is 0.802. The van der Waals surface area contributed by atoms with Gasteiger partial charge in [0.25, 0.3) is 0 Å². The lowest BCUT2D eigenvalue weighted by Crippen LogP contribution is -2.19. The van der Waals surface area contributed by atoms with Crippen LogP contribution in [-0.4, -0.2) is 36.2 Å². The second-order valence-electron chi connectivity index (χ2n) is 9.23. The highest BCUT2D eigenvalue weighted by atomic mass is 32.1. The van der Waals surface area contributed by atoms with E-state index in [9.17, 15) is 0 Å². The highest BCUT2D eigenvalue weighted by molar-refractivity contribution is 7.13.